The number of dihydropyridines is 1. The Morgan fingerprint density at radius 3 is 2.74 bits per heavy atom. The Balaban J connectivity index is 1.73. The van der Waals surface area contributed by atoms with Crippen LogP contribution in [0.1, 0.15) is 12.8 Å². The summed E-state index contributed by atoms with van der Waals surface area (Å²) in [6, 6.07) is 5.49. The Kier molecular flexibility index (Phi) is 8.86. The molecule has 0 bridgehead atoms. The number of aliphatic hydroxyl groups excluding tert-OH is 2. The Bertz CT molecular complexity index is 1430. The van der Waals surface area contributed by atoms with Crippen LogP contribution < -0.4 is 15.8 Å². The fraction of sp³-hybridized carbons (Fsp3) is 0.269. The van der Waals surface area contributed by atoms with Gasteiger partial charge in [0.05, 0.1) is 35.8 Å². The van der Waals surface area contributed by atoms with E-state index in [0.717, 1.165) is 0 Å². The van der Waals surface area contributed by atoms with Crippen LogP contribution in [-0.2, 0) is 4.74 Å². The third-order valence-electron chi connectivity index (χ3n) is 5.60. The SMILES string of the molecule is CN1C=CC=C/C1=C(\NC1=NC(=Nc2c(OCCCO)nn3ccccc23)C(N)=CC1=N)C(=N)OCCCO. The molecule has 2 aliphatic heterocycles. The first-order valence-corrected chi connectivity index (χ1v) is 12.3. The number of nitrogens with zero attached hydrogens (tertiary/aromatic N) is 5. The lowest BCUT2D eigenvalue weighted by atomic mass is 10.1. The summed E-state index contributed by atoms with van der Waals surface area (Å²) < 4.78 is 12.9. The van der Waals surface area contributed by atoms with Crippen LogP contribution in [0.3, 0.4) is 0 Å². The molecule has 0 aromatic carbocycles. The van der Waals surface area contributed by atoms with Gasteiger partial charge in [0, 0.05) is 45.5 Å². The van der Waals surface area contributed by atoms with Gasteiger partial charge in [-0.2, -0.15) is 0 Å². The maximum absolute atomic E-state index is 9.13. The second-order valence-corrected chi connectivity index (χ2v) is 8.47. The summed E-state index contributed by atoms with van der Waals surface area (Å²) in [6.07, 6.45) is 11.3. The number of fused-ring (bicyclic) bond motifs is 1. The number of nitrogens with two attached hydrogens (primary N) is 1. The second kappa shape index (κ2) is 12.7. The van der Waals surface area contributed by atoms with Crippen molar-refractivity contribution in [1.29, 1.82) is 10.8 Å². The molecule has 0 atom stereocenters. The molecule has 0 aliphatic carbocycles. The molecule has 0 saturated heterocycles. The Hall–Kier alpha value is -4.75. The number of nitrogens with one attached hydrogen (secondary N) is 3. The molecule has 0 saturated carbocycles. The third-order valence-corrected chi connectivity index (χ3v) is 5.60. The van der Waals surface area contributed by atoms with Gasteiger partial charge in [-0.05, 0) is 30.4 Å². The summed E-state index contributed by atoms with van der Waals surface area (Å²) in [7, 11) is 1.82. The van der Waals surface area contributed by atoms with Crippen LogP contribution in [0, 0.1) is 10.8 Å². The van der Waals surface area contributed by atoms with E-state index in [1.807, 2.05) is 43.6 Å². The van der Waals surface area contributed by atoms with E-state index in [-0.39, 0.29) is 67.0 Å². The minimum absolute atomic E-state index is 0.00928. The molecule has 0 amide bonds. The molecular formula is C26H31N9O4. The van der Waals surface area contributed by atoms with E-state index in [1.54, 1.807) is 21.7 Å². The molecule has 0 spiro atoms. The third kappa shape index (κ3) is 6.40. The average molecular weight is 534 g/mol. The first kappa shape index (κ1) is 27.3. The van der Waals surface area contributed by atoms with Gasteiger partial charge >= 0.3 is 0 Å². The lowest BCUT2D eigenvalue weighted by Crippen LogP contribution is -2.39. The average Bonchev–Trinajstić information content (AvgIpc) is 3.27. The number of rotatable bonds is 10. The van der Waals surface area contributed by atoms with Crippen LogP contribution in [0.25, 0.3) is 5.52 Å². The molecule has 0 radical (unpaired) electrons. The van der Waals surface area contributed by atoms with E-state index in [9.17, 15) is 0 Å². The number of aliphatic hydroxyl groups is 2. The standard InChI is InChI=1S/C26H31N9O4/c1-34-10-4-2-8-19(34)21(23(29)38-14-6-12-36)30-24-17(27)16-18(28)25(32-24)31-22-20-9-3-5-11-35(20)33-26(22)39-15-7-13-37/h2-5,8-11,16,27,29,36-37H,6-7,12-15,28H2,1H3,(H,30,31,32)/b21-19+,27-17?,29-23?. The van der Waals surface area contributed by atoms with Crippen molar-refractivity contribution >= 4 is 34.5 Å². The molecule has 4 heterocycles. The normalized spacial score (nSPS) is 17.4. The smallest absolute Gasteiger partial charge is 0.260 e. The van der Waals surface area contributed by atoms with Crippen molar-refractivity contribution in [3.05, 3.63) is 72.0 Å². The summed E-state index contributed by atoms with van der Waals surface area (Å²) in [4.78, 5) is 11.0. The Morgan fingerprint density at radius 1 is 1.18 bits per heavy atom. The quantitative estimate of drug-likeness (QED) is 0.151. The van der Waals surface area contributed by atoms with Gasteiger partial charge in [0.2, 0.25) is 5.90 Å². The van der Waals surface area contributed by atoms with Crippen molar-refractivity contribution in [3.8, 4) is 5.88 Å². The van der Waals surface area contributed by atoms with Gasteiger partial charge in [0.1, 0.15) is 5.70 Å². The maximum atomic E-state index is 9.13. The number of aliphatic imine (C=N–C) groups is 2. The van der Waals surface area contributed by atoms with E-state index >= 15 is 0 Å². The Morgan fingerprint density at radius 2 is 1.97 bits per heavy atom. The van der Waals surface area contributed by atoms with Crippen molar-refractivity contribution in [1.82, 2.24) is 19.8 Å². The predicted octanol–water partition coefficient (Wildman–Crippen LogP) is 1.59. The molecule has 0 fully saturated rings. The Labute approximate surface area is 225 Å². The molecule has 0 unspecified atom stereocenters. The zero-order chi connectivity index (χ0) is 27.8. The first-order chi connectivity index (χ1) is 18.9. The van der Waals surface area contributed by atoms with Gasteiger partial charge < -0.3 is 35.6 Å². The summed E-state index contributed by atoms with van der Waals surface area (Å²) in [6.45, 7) is 0.306. The van der Waals surface area contributed by atoms with Crippen LogP contribution in [-0.4, -0.2) is 81.5 Å². The van der Waals surface area contributed by atoms with E-state index in [1.165, 1.54) is 6.08 Å². The maximum Gasteiger partial charge on any atom is 0.260 e. The summed E-state index contributed by atoms with van der Waals surface area (Å²) in [5.41, 5.74) is 8.33. The lowest BCUT2D eigenvalue weighted by Gasteiger charge is -2.24. The fourth-order valence-electron chi connectivity index (χ4n) is 3.66. The van der Waals surface area contributed by atoms with E-state index in [0.29, 0.717) is 29.7 Å². The largest absolute Gasteiger partial charge is 0.476 e. The number of aromatic nitrogens is 2. The number of hydrogen-bond acceptors (Lipinski definition) is 11. The van der Waals surface area contributed by atoms with Crippen molar-refractivity contribution < 1.29 is 19.7 Å². The number of allylic oxidation sites excluding steroid dienone is 3. The van der Waals surface area contributed by atoms with Crippen LogP contribution >= 0.6 is 0 Å². The number of hydrogen-bond donors (Lipinski definition) is 6. The summed E-state index contributed by atoms with van der Waals surface area (Å²) in [5.74, 6) is 0.312. The monoisotopic (exact) mass is 533 g/mol. The highest BCUT2D eigenvalue weighted by Crippen LogP contribution is 2.32. The van der Waals surface area contributed by atoms with Crippen molar-refractivity contribution in [2.45, 2.75) is 12.8 Å². The molecule has 7 N–H and O–H groups in total. The fourth-order valence-corrected chi connectivity index (χ4v) is 3.66. The van der Waals surface area contributed by atoms with Crippen LogP contribution in [0.2, 0.25) is 0 Å². The zero-order valence-corrected chi connectivity index (χ0v) is 21.5. The topological polar surface area (TPSA) is 190 Å². The first-order valence-electron chi connectivity index (χ1n) is 12.3. The lowest BCUT2D eigenvalue weighted by molar-refractivity contribution is 0.225. The number of pyridine rings is 1. The number of ether oxygens (including phenoxy) is 2. The molecule has 13 heteroatoms. The van der Waals surface area contributed by atoms with Gasteiger partial charge in [-0.3, -0.25) is 10.8 Å². The predicted molar refractivity (Wildman–Crippen MR) is 149 cm³/mol. The second-order valence-electron chi connectivity index (χ2n) is 8.47. The molecule has 2 aromatic heterocycles. The van der Waals surface area contributed by atoms with E-state index in [2.05, 4.69) is 20.4 Å². The van der Waals surface area contributed by atoms with Gasteiger partial charge in [-0.25, -0.2) is 14.5 Å². The summed E-state index contributed by atoms with van der Waals surface area (Å²) in [5, 5.41) is 42.7. The minimum atomic E-state index is -0.177. The number of likely N-dealkylation sites (N-methyl/N-ethyl adjacent to an activating group) is 1. The molecule has 2 aromatic rings. The van der Waals surface area contributed by atoms with Gasteiger partial charge in [0.25, 0.3) is 5.88 Å². The van der Waals surface area contributed by atoms with Gasteiger partial charge in [-0.15, -0.1) is 5.10 Å². The zero-order valence-electron chi connectivity index (χ0n) is 21.5. The number of amidine groups is 2. The van der Waals surface area contributed by atoms with Crippen molar-refractivity contribution in [2.75, 3.05) is 33.5 Å². The van der Waals surface area contributed by atoms with Crippen molar-refractivity contribution in [2.24, 2.45) is 15.7 Å². The molecule has 39 heavy (non-hydrogen) atoms. The molecular weight excluding hydrogens is 502 g/mol. The van der Waals surface area contributed by atoms with Gasteiger partial charge in [-0.1, -0.05) is 12.1 Å². The molecule has 13 nitrogen and oxygen atoms in total. The summed E-state index contributed by atoms with van der Waals surface area (Å²) >= 11 is 0. The van der Waals surface area contributed by atoms with Crippen LogP contribution in [0.15, 0.2) is 82.0 Å². The minimum Gasteiger partial charge on any atom is -0.476 e. The molecule has 204 valence electrons. The molecule has 2 aliphatic rings. The van der Waals surface area contributed by atoms with E-state index in [4.69, 9.17) is 36.2 Å². The molecule has 4 rings (SSSR count). The highest BCUT2D eigenvalue weighted by Gasteiger charge is 2.24. The van der Waals surface area contributed by atoms with Crippen LogP contribution in [0.4, 0.5) is 5.69 Å². The highest BCUT2D eigenvalue weighted by molar-refractivity contribution is 6.49. The van der Waals surface area contributed by atoms with Gasteiger partial charge in [0.15, 0.2) is 17.4 Å². The van der Waals surface area contributed by atoms with Crippen molar-refractivity contribution in [3.63, 3.8) is 0 Å². The van der Waals surface area contributed by atoms with Crippen LogP contribution in [0.5, 0.6) is 5.88 Å². The van der Waals surface area contributed by atoms with E-state index < -0.39 is 0 Å². The highest BCUT2D eigenvalue weighted by atomic mass is 16.5.